The smallest absolute Gasteiger partial charge is 0.222 e. The van der Waals surface area contributed by atoms with Crippen LogP contribution in [-0.2, 0) is 4.79 Å². The number of hydrogen-bond acceptors (Lipinski definition) is 6. The Balaban J connectivity index is 1.41. The Morgan fingerprint density at radius 3 is 2.75 bits per heavy atom. The van der Waals surface area contributed by atoms with Crippen molar-refractivity contribution in [1.82, 2.24) is 24.6 Å². The topological polar surface area (TPSA) is 99.2 Å². The first-order chi connectivity index (χ1) is 17.5. The Bertz CT molecular complexity index is 1290. The summed E-state index contributed by atoms with van der Waals surface area (Å²) in [5.74, 6) is 2.92. The molecule has 1 amide bonds. The van der Waals surface area contributed by atoms with Gasteiger partial charge in [0.25, 0.3) is 0 Å². The van der Waals surface area contributed by atoms with Crippen LogP contribution in [0, 0.1) is 5.92 Å². The maximum absolute atomic E-state index is 12.8. The van der Waals surface area contributed by atoms with Crippen LogP contribution in [0.15, 0.2) is 54.6 Å². The number of ether oxygens (including phenoxy) is 1. The molecule has 1 saturated heterocycles. The molecule has 8 nitrogen and oxygen atoms in total. The highest BCUT2D eigenvalue weighted by molar-refractivity contribution is 5.96. The molecule has 0 saturated carbocycles. The van der Waals surface area contributed by atoms with Gasteiger partial charge in [-0.1, -0.05) is 38.1 Å². The van der Waals surface area contributed by atoms with E-state index in [1.54, 1.807) is 0 Å². The van der Waals surface area contributed by atoms with Crippen LogP contribution in [0.4, 0.5) is 5.82 Å². The molecule has 1 atom stereocenters. The van der Waals surface area contributed by atoms with Gasteiger partial charge in [0.15, 0.2) is 5.65 Å². The Hall–Kier alpha value is -3.68. The number of amides is 1. The normalized spacial score (nSPS) is 18.3. The number of anilines is 1. The predicted octanol–water partition coefficient (Wildman–Crippen LogP) is 5.15. The van der Waals surface area contributed by atoms with Gasteiger partial charge in [-0.3, -0.25) is 4.79 Å². The van der Waals surface area contributed by atoms with E-state index in [4.69, 9.17) is 15.6 Å². The monoisotopic (exact) mass is 486 g/mol. The molecule has 3 heterocycles. The standard InChI is InChI=1S/C28H34N6O2/c1-19(2)10-15-24(35)33-16-6-7-21(17-33)34-28-25(27(29)30-18-31-28)26(32-34)20-11-13-23(14-12-20)36-22-8-4-3-5-9-22/h3-5,8-9,11,13,18-19,21H,6-7,10,12,14-17H2,1-2H3,(H2,29,30,31)/t21-/m1/s1. The molecule has 1 fully saturated rings. The first kappa shape index (κ1) is 24.0. The van der Waals surface area contributed by atoms with E-state index in [1.807, 2.05) is 46.0 Å². The second-order valence-corrected chi connectivity index (χ2v) is 10.1. The van der Waals surface area contributed by atoms with Crippen molar-refractivity contribution in [2.45, 2.75) is 58.4 Å². The molecule has 0 radical (unpaired) electrons. The van der Waals surface area contributed by atoms with Crippen LogP contribution in [0.1, 0.15) is 64.1 Å². The van der Waals surface area contributed by atoms with Crippen molar-refractivity contribution in [3.05, 3.63) is 60.3 Å². The molecular formula is C28H34N6O2. The second-order valence-electron chi connectivity index (χ2n) is 10.1. The third-order valence-electron chi connectivity index (χ3n) is 6.96. The number of para-hydroxylation sites is 1. The van der Waals surface area contributed by atoms with Crippen molar-refractivity contribution < 1.29 is 9.53 Å². The fraction of sp³-hybridized carbons (Fsp3) is 0.429. The lowest BCUT2D eigenvalue weighted by atomic mass is 9.99. The summed E-state index contributed by atoms with van der Waals surface area (Å²) >= 11 is 0. The van der Waals surface area contributed by atoms with Crippen molar-refractivity contribution in [3.8, 4) is 5.75 Å². The summed E-state index contributed by atoms with van der Waals surface area (Å²) in [5.41, 5.74) is 8.98. The molecular weight excluding hydrogens is 452 g/mol. The lowest BCUT2D eigenvalue weighted by Gasteiger charge is -2.33. The number of nitrogens with two attached hydrogens (primary N) is 1. The molecule has 8 heteroatoms. The number of allylic oxidation sites excluding steroid dienone is 4. The average Bonchev–Trinajstić information content (AvgIpc) is 3.29. The molecule has 2 aromatic heterocycles. The average molecular weight is 487 g/mol. The predicted molar refractivity (Wildman–Crippen MR) is 141 cm³/mol. The third-order valence-corrected chi connectivity index (χ3v) is 6.96. The summed E-state index contributed by atoms with van der Waals surface area (Å²) in [7, 11) is 0. The quantitative estimate of drug-likeness (QED) is 0.496. The Kier molecular flexibility index (Phi) is 7.02. The van der Waals surface area contributed by atoms with Crippen LogP contribution >= 0.6 is 0 Å². The molecule has 0 bridgehead atoms. The van der Waals surface area contributed by atoms with Gasteiger partial charge in [0.1, 0.15) is 29.3 Å². The fourth-order valence-corrected chi connectivity index (χ4v) is 4.97. The van der Waals surface area contributed by atoms with E-state index in [1.165, 1.54) is 6.33 Å². The number of likely N-dealkylation sites (tertiary alicyclic amines) is 1. The number of benzene rings is 1. The summed E-state index contributed by atoms with van der Waals surface area (Å²) in [6.07, 6.45) is 10.5. The minimum absolute atomic E-state index is 0.0593. The highest BCUT2D eigenvalue weighted by Gasteiger charge is 2.29. The van der Waals surface area contributed by atoms with E-state index >= 15 is 0 Å². The summed E-state index contributed by atoms with van der Waals surface area (Å²) < 4.78 is 8.00. The van der Waals surface area contributed by atoms with Gasteiger partial charge in [-0.2, -0.15) is 5.10 Å². The van der Waals surface area contributed by atoms with E-state index in [2.05, 4.69) is 29.9 Å². The van der Waals surface area contributed by atoms with Gasteiger partial charge in [-0.25, -0.2) is 14.6 Å². The molecule has 36 heavy (non-hydrogen) atoms. The van der Waals surface area contributed by atoms with Gasteiger partial charge in [0.2, 0.25) is 5.91 Å². The van der Waals surface area contributed by atoms with Crippen LogP contribution in [0.25, 0.3) is 16.6 Å². The first-order valence-electron chi connectivity index (χ1n) is 12.9. The minimum atomic E-state index is 0.0593. The molecule has 3 aromatic rings. The first-order valence-corrected chi connectivity index (χ1v) is 12.9. The zero-order valence-electron chi connectivity index (χ0n) is 21.1. The second kappa shape index (κ2) is 10.5. The number of rotatable bonds is 7. The van der Waals surface area contributed by atoms with Gasteiger partial charge < -0.3 is 15.4 Å². The molecule has 0 unspecified atom stereocenters. The highest BCUT2D eigenvalue weighted by Crippen LogP contribution is 2.35. The minimum Gasteiger partial charge on any atom is -0.462 e. The van der Waals surface area contributed by atoms with Crippen LogP contribution < -0.4 is 10.5 Å². The number of nitrogen functional groups attached to an aromatic ring is 1. The van der Waals surface area contributed by atoms with E-state index in [9.17, 15) is 4.79 Å². The number of nitrogens with zero attached hydrogens (tertiary/aromatic N) is 5. The van der Waals surface area contributed by atoms with Gasteiger partial charge >= 0.3 is 0 Å². The molecule has 2 N–H and O–H groups in total. The summed E-state index contributed by atoms with van der Waals surface area (Å²) in [5, 5.41) is 5.82. The maximum atomic E-state index is 12.8. The van der Waals surface area contributed by atoms with E-state index in [-0.39, 0.29) is 11.9 Å². The number of hydrogen-bond donors (Lipinski definition) is 1. The van der Waals surface area contributed by atoms with Gasteiger partial charge in [-0.15, -0.1) is 0 Å². The number of fused-ring (bicyclic) bond motifs is 1. The number of aromatic nitrogens is 4. The van der Waals surface area contributed by atoms with Gasteiger partial charge in [-0.05, 0) is 55.4 Å². The van der Waals surface area contributed by atoms with Gasteiger partial charge in [0.05, 0.1) is 11.4 Å². The van der Waals surface area contributed by atoms with Crippen molar-refractivity contribution >= 4 is 28.3 Å². The van der Waals surface area contributed by atoms with Crippen molar-refractivity contribution in [2.24, 2.45) is 5.92 Å². The zero-order valence-corrected chi connectivity index (χ0v) is 21.1. The fourth-order valence-electron chi connectivity index (χ4n) is 4.97. The van der Waals surface area contributed by atoms with Gasteiger partial charge in [0, 0.05) is 25.9 Å². The summed E-state index contributed by atoms with van der Waals surface area (Å²) in [6, 6.07) is 9.87. The number of carbonyl (C=O) groups is 1. The molecule has 0 spiro atoms. The Morgan fingerprint density at radius 1 is 1.17 bits per heavy atom. The summed E-state index contributed by atoms with van der Waals surface area (Å²) in [4.78, 5) is 23.7. The van der Waals surface area contributed by atoms with E-state index < -0.39 is 0 Å². The van der Waals surface area contributed by atoms with Crippen LogP contribution in [0.5, 0.6) is 5.75 Å². The van der Waals surface area contributed by atoms with Crippen molar-refractivity contribution in [1.29, 1.82) is 0 Å². The van der Waals surface area contributed by atoms with Crippen molar-refractivity contribution in [3.63, 3.8) is 0 Å². The SMILES string of the molecule is CC(C)CCC(=O)N1CCC[C@@H](n2nc(C3=CC=C(Oc4ccccc4)CC3)c3c(N)ncnc32)C1. The molecule has 2 aliphatic rings. The lowest BCUT2D eigenvalue weighted by molar-refractivity contribution is -0.133. The molecule has 5 rings (SSSR count). The van der Waals surface area contributed by atoms with Crippen molar-refractivity contribution in [2.75, 3.05) is 18.8 Å². The molecule has 1 aliphatic carbocycles. The Morgan fingerprint density at radius 2 is 2.00 bits per heavy atom. The summed E-state index contributed by atoms with van der Waals surface area (Å²) in [6.45, 7) is 5.75. The largest absolute Gasteiger partial charge is 0.462 e. The van der Waals surface area contributed by atoms with E-state index in [0.717, 1.165) is 72.5 Å². The molecule has 1 aliphatic heterocycles. The maximum Gasteiger partial charge on any atom is 0.222 e. The number of carbonyl (C=O) groups excluding carboxylic acids is 1. The zero-order chi connectivity index (χ0) is 25.1. The molecule has 188 valence electrons. The lowest BCUT2D eigenvalue weighted by Crippen LogP contribution is -2.41. The van der Waals surface area contributed by atoms with Crippen LogP contribution in [0.3, 0.4) is 0 Å². The third kappa shape index (κ3) is 5.12. The highest BCUT2D eigenvalue weighted by atomic mass is 16.5. The Labute approximate surface area is 211 Å². The van der Waals surface area contributed by atoms with Crippen LogP contribution in [0.2, 0.25) is 0 Å². The molecule has 1 aromatic carbocycles. The number of piperidine rings is 1. The van der Waals surface area contributed by atoms with E-state index in [0.29, 0.717) is 24.7 Å². The van der Waals surface area contributed by atoms with Crippen LogP contribution in [-0.4, -0.2) is 43.6 Å².